The summed E-state index contributed by atoms with van der Waals surface area (Å²) in [5.74, 6) is 0.215. The lowest BCUT2D eigenvalue weighted by Gasteiger charge is -2.11. The molecule has 0 spiro atoms. The van der Waals surface area contributed by atoms with Gasteiger partial charge in [0.25, 0.3) is 0 Å². The van der Waals surface area contributed by atoms with Crippen LogP contribution in [0.2, 0.25) is 0 Å². The Morgan fingerprint density at radius 1 is 1.04 bits per heavy atom. The van der Waals surface area contributed by atoms with Gasteiger partial charge in [-0.1, -0.05) is 36.4 Å². The molecule has 1 N–H and O–H groups in total. The topological polar surface area (TPSA) is 46.2 Å². The van der Waals surface area contributed by atoms with Gasteiger partial charge in [0, 0.05) is 11.3 Å². The molecule has 0 aromatic heterocycles. The van der Waals surface area contributed by atoms with Crippen LogP contribution in [0.1, 0.15) is 28.4 Å². The first-order valence-corrected chi connectivity index (χ1v) is 8.60. The molecule has 2 rings (SSSR count). The van der Waals surface area contributed by atoms with Gasteiger partial charge in [0.2, 0.25) is 5.91 Å². The molecular weight excluding hydrogens is 306 g/mol. The largest absolute Gasteiger partial charge is 0.325 e. The minimum absolute atomic E-state index is 0.0505. The summed E-state index contributed by atoms with van der Waals surface area (Å²) in [6.07, 6.45) is 0. The van der Waals surface area contributed by atoms with E-state index in [0.717, 1.165) is 11.3 Å². The molecule has 3 nitrogen and oxygen atoms in total. The van der Waals surface area contributed by atoms with Gasteiger partial charge in [0.15, 0.2) is 5.78 Å². The van der Waals surface area contributed by atoms with Gasteiger partial charge in [0.1, 0.15) is 0 Å². The van der Waals surface area contributed by atoms with Crippen LogP contribution in [0.3, 0.4) is 0 Å². The summed E-state index contributed by atoms with van der Waals surface area (Å²) in [5.41, 5.74) is 3.81. The number of carbonyl (C=O) groups is 2. The molecule has 0 heterocycles. The number of rotatable bonds is 6. The number of thioether (sulfide) groups is 1. The van der Waals surface area contributed by atoms with E-state index in [0.29, 0.717) is 5.56 Å². The number of benzene rings is 2. The van der Waals surface area contributed by atoms with Gasteiger partial charge in [-0.3, -0.25) is 9.59 Å². The van der Waals surface area contributed by atoms with E-state index in [4.69, 9.17) is 0 Å². The second-order valence-corrected chi connectivity index (χ2v) is 6.86. The lowest BCUT2D eigenvalue weighted by molar-refractivity contribution is -0.113. The fourth-order valence-electron chi connectivity index (χ4n) is 2.13. The molecule has 0 aliphatic carbocycles. The molecule has 0 bridgehead atoms. The number of hydrogen-bond acceptors (Lipinski definition) is 3. The smallest absolute Gasteiger partial charge is 0.234 e. The van der Waals surface area contributed by atoms with Gasteiger partial charge in [-0.2, -0.15) is 0 Å². The molecule has 2 aromatic carbocycles. The second kappa shape index (κ2) is 7.97. The zero-order valence-electron chi connectivity index (χ0n) is 13.6. The predicted octanol–water partition coefficient (Wildman–Crippen LogP) is 4.25. The maximum atomic E-state index is 12.2. The predicted molar refractivity (Wildman–Crippen MR) is 97.2 cm³/mol. The van der Waals surface area contributed by atoms with Gasteiger partial charge < -0.3 is 5.32 Å². The van der Waals surface area contributed by atoms with Crippen LogP contribution in [0.15, 0.2) is 48.5 Å². The number of Topliss-reactive ketones (excluding diaryl/α,β-unsaturated/α-hetero) is 1. The summed E-state index contributed by atoms with van der Waals surface area (Å²) in [6.45, 7) is 5.89. The van der Waals surface area contributed by atoms with E-state index < -0.39 is 0 Å². The normalized spacial score (nSPS) is 11.8. The zero-order chi connectivity index (χ0) is 16.8. The van der Waals surface area contributed by atoms with Crippen LogP contribution in [0, 0.1) is 13.8 Å². The molecule has 120 valence electrons. The van der Waals surface area contributed by atoms with Crippen molar-refractivity contribution in [2.75, 3.05) is 11.1 Å². The van der Waals surface area contributed by atoms with Gasteiger partial charge in [0.05, 0.1) is 11.0 Å². The highest BCUT2D eigenvalue weighted by atomic mass is 32.2. The number of nitrogens with one attached hydrogen (secondary N) is 1. The second-order valence-electron chi connectivity index (χ2n) is 5.53. The maximum absolute atomic E-state index is 12.2. The summed E-state index contributed by atoms with van der Waals surface area (Å²) in [5, 5.41) is 2.63. The molecule has 0 fully saturated rings. The molecule has 23 heavy (non-hydrogen) atoms. The van der Waals surface area contributed by atoms with Crippen molar-refractivity contribution in [1.29, 1.82) is 0 Å². The Hall–Kier alpha value is -2.07. The molecule has 1 amide bonds. The fraction of sp³-hybridized carbons (Fsp3) is 0.263. The minimum Gasteiger partial charge on any atom is -0.325 e. The van der Waals surface area contributed by atoms with Crippen molar-refractivity contribution in [3.63, 3.8) is 0 Å². The minimum atomic E-state index is -0.247. The number of ketones is 1. The Morgan fingerprint density at radius 3 is 2.39 bits per heavy atom. The van der Waals surface area contributed by atoms with E-state index in [2.05, 4.69) is 5.32 Å². The fourth-order valence-corrected chi connectivity index (χ4v) is 2.89. The third-order valence-electron chi connectivity index (χ3n) is 3.68. The van der Waals surface area contributed by atoms with Crippen molar-refractivity contribution >= 4 is 29.1 Å². The first-order valence-electron chi connectivity index (χ1n) is 7.55. The summed E-state index contributed by atoms with van der Waals surface area (Å²) in [7, 11) is 0. The molecule has 0 aliphatic rings. The number of anilines is 1. The highest BCUT2D eigenvalue weighted by Gasteiger charge is 2.16. The zero-order valence-corrected chi connectivity index (χ0v) is 14.4. The maximum Gasteiger partial charge on any atom is 0.234 e. The third kappa shape index (κ3) is 4.96. The van der Waals surface area contributed by atoms with Crippen LogP contribution >= 0.6 is 11.8 Å². The average Bonchev–Trinajstić information content (AvgIpc) is 2.56. The lowest BCUT2D eigenvalue weighted by atomic mass is 10.1. The molecule has 0 saturated carbocycles. The first kappa shape index (κ1) is 17.3. The number of aryl methyl sites for hydroxylation is 2. The average molecular weight is 327 g/mol. The van der Waals surface area contributed by atoms with Gasteiger partial charge in [-0.05, 0) is 44.0 Å². The van der Waals surface area contributed by atoms with Gasteiger partial charge >= 0.3 is 0 Å². The van der Waals surface area contributed by atoms with Crippen molar-refractivity contribution in [2.45, 2.75) is 26.0 Å². The summed E-state index contributed by atoms with van der Waals surface area (Å²) < 4.78 is 0. The van der Waals surface area contributed by atoms with Crippen molar-refractivity contribution in [1.82, 2.24) is 0 Å². The Morgan fingerprint density at radius 2 is 1.74 bits per heavy atom. The summed E-state index contributed by atoms with van der Waals surface area (Å²) in [4.78, 5) is 24.3. The lowest BCUT2D eigenvalue weighted by Crippen LogP contribution is -2.19. The standard InChI is InChI=1S/C19H21NO2S/c1-13-9-10-17(11-14(13)2)20-18(21)12-23-15(3)19(22)16-7-5-4-6-8-16/h4-11,15H,12H2,1-3H3,(H,20,21). The molecule has 1 atom stereocenters. The van der Waals surface area contributed by atoms with Crippen LogP contribution in [0.5, 0.6) is 0 Å². The molecule has 0 aliphatic heterocycles. The third-order valence-corrected chi connectivity index (χ3v) is 4.83. The van der Waals surface area contributed by atoms with Crippen LogP contribution in [0.4, 0.5) is 5.69 Å². The van der Waals surface area contributed by atoms with Crippen LogP contribution in [-0.4, -0.2) is 22.7 Å². The van der Waals surface area contributed by atoms with Crippen molar-refractivity contribution < 1.29 is 9.59 Å². The van der Waals surface area contributed by atoms with Crippen LogP contribution in [0.25, 0.3) is 0 Å². The Kier molecular flexibility index (Phi) is 5.99. The van der Waals surface area contributed by atoms with E-state index in [1.807, 2.05) is 57.2 Å². The van der Waals surface area contributed by atoms with Gasteiger partial charge in [-0.15, -0.1) is 11.8 Å². The van der Waals surface area contributed by atoms with E-state index in [1.165, 1.54) is 17.3 Å². The Labute approximate surface area is 141 Å². The summed E-state index contributed by atoms with van der Waals surface area (Å²) >= 11 is 1.35. The van der Waals surface area contributed by atoms with E-state index >= 15 is 0 Å². The molecule has 1 unspecified atom stereocenters. The molecule has 2 aromatic rings. The quantitative estimate of drug-likeness (QED) is 0.807. The summed E-state index contributed by atoms with van der Waals surface area (Å²) in [6, 6.07) is 15.0. The molecular formula is C19H21NO2S. The van der Waals surface area contributed by atoms with Crippen molar-refractivity contribution in [2.24, 2.45) is 0 Å². The molecule has 0 radical (unpaired) electrons. The highest BCUT2D eigenvalue weighted by molar-refractivity contribution is 8.01. The van der Waals surface area contributed by atoms with Crippen LogP contribution in [-0.2, 0) is 4.79 Å². The number of hydrogen-bond donors (Lipinski definition) is 1. The molecule has 0 saturated heterocycles. The molecule has 4 heteroatoms. The van der Waals surface area contributed by atoms with Crippen molar-refractivity contribution in [3.8, 4) is 0 Å². The van der Waals surface area contributed by atoms with E-state index in [-0.39, 0.29) is 22.7 Å². The first-order chi connectivity index (χ1) is 11.0. The van der Waals surface area contributed by atoms with Gasteiger partial charge in [-0.25, -0.2) is 0 Å². The number of carbonyl (C=O) groups excluding carboxylic acids is 2. The highest BCUT2D eigenvalue weighted by Crippen LogP contribution is 2.18. The SMILES string of the molecule is Cc1ccc(NC(=O)CSC(C)C(=O)c2ccccc2)cc1C. The van der Waals surface area contributed by atoms with E-state index in [9.17, 15) is 9.59 Å². The van der Waals surface area contributed by atoms with Crippen molar-refractivity contribution in [3.05, 3.63) is 65.2 Å². The van der Waals surface area contributed by atoms with Crippen LogP contribution < -0.4 is 5.32 Å². The Bertz CT molecular complexity index is 698. The number of amides is 1. The van der Waals surface area contributed by atoms with E-state index in [1.54, 1.807) is 12.1 Å². The monoisotopic (exact) mass is 327 g/mol. The Balaban J connectivity index is 1.86.